The fourth-order valence-electron chi connectivity index (χ4n) is 2.56. The van der Waals surface area contributed by atoms with Gasteiger partial charge in [-0.25, -0.2) is 8.42 Å². The zero-order chi connectivity index (χ0) is 16.4. The van der Waals surface area contributed by atoms with Crippen molar-refractivity contribution in [2.45, 2.75) is 10.3 Å². The molecule has 0 N–H and O–H groups in total. The molecular formula is C16H16ClNO3S2. The van der Waals surface area contributed by atoms with Gasteiger partial charge < -0.3 is 4.74 Å². The Morgan fingerprint density at radius 1 is 1.17 bits per heavy atom. The van der Waals surface area contributed by atoms with E-state index in [1.807, 2.05) is 24.3 Å². The summed E-state index contributed by atoms with van der Waals surface area (Å²) < 4.78 is 32.8. The van der Waals surface area contributed by atoms with E-state index in [4.69, 9.17) is 16.3 Å². The maximum Gasteiger partial charge on any atom is 0.244 e. The summed E-state index contributed by atoms with van der Waals surface area (Å²) in [7, 11) is -1.99. The van der Waals surface area contributed by atoms with E-state index < -0.39 is 10.0 Å². The summed E-state index contributed by atoms with van der Waals surface area (Å²) in [6, 6.07) is 13.8. The second kappa shape index (κ2) is 6.73. The molecule has 1 heterocycles. The molecule has 122 valence electrons. The van der Waals surface area contributed by atoms with Gasteiger partial charge in [0.1, 0.15) is 5.75 Å². The van der Waals surface area contributed by atoms with Gasteiger partial charge in [-0.15, -0.1) is 11.8 Å². The number of rotatable bonds is 4. The number of hydrogen-bond donors (Lipinski definition) is 0. The molecule has 0 bridgehead atoms. The van der Waals surface area contributed by atoms with Crippen molar-refractivity contribution in [2.24, 2.45) is 0 Å². The molecule has 1 aliphatic rings. The molecule has 4 nitrogen and oxygen atoms in total. The minimum Gasteiger partial charge on any atom is -0.496 e. The molecule has 7 heteroatoms. The fraction of sp³-hybridized carbons (Fsp3) is 0.250. The van der Waals surface area contributed by atoms with Crippen LogP contribution in [0.2, 0.25) is 5.02 Å². The molecule has 3 rings (SSSR count). The summed E-state index contributed by atoms with van der Waals surface area (Å²) in [6.07, 6.45) is 0. The first kappa shape index (κ1) is 16.6. The van der Waals surface area contributed by atoms with Gasteiger partial charge in [0.25, 0.3) is 0 Å². The maximum atomic E-state index is 13.0. The van der Waals surface area contributed by atoms with Crippen LogP contribution < -0.4 is 4.74 Å². The highest BCUT2D eigenvalue weighted by molar-refractivity contribution is 8.01. The van der Waals surface area contributed by atoms with Crippen LogP contribution in [0.15, 0.2) is 53.4 Å². The summed E-state index contributed by atoms with van der Waals surface area (Å²) in [5.74, 6) is 1.44. The fourth-order valence-corrected chi connectivity index (χ4v) is 5.94. The van der Waals surface area contributed by atoms with E-state index in [0.717, 1.165) is 11.3 Å². The molecule has 0 radical (unpaired) electrons. The maximum absolute atomic E-state index is 13.0. The molecular weight excluding hydrogens is 354 g/mol. The third-order valence-corrected chi connectivity index (χ3v) is 7.18. The highest BCUT2D eigenvalue weighted by Gasteiger charge is 2.38. The number of methoxy groups -OCH3 is 1. The van der Waals surface area contributed by atoms with Crippen LogP contribution in [0.3, 0.4) is 0 Å². The lowest BCUT2D eigenvalue weighted by Gasteiger charge is -2.24. The summed E-state index contributed by atoms with van der Waals surface area (Å²) in [4.78, 5) is 0.254. The predicted octanol–water partition coefficient (Wildman–Crippen LogP) is 3.78. The van der Waals surface area contributed by atoms with E-state index in [-0.39, 0.29) is 10.3 Å². The highest BCUT2D eigenvalue weighted by atomic mass is 35.5. The molecule has 0 spiro atoms. The minimum absolute atomic E-state index is 0.254. The van der Waals surface area contributed by atoms with E-state index >= 15 is 0 Å². The average Bonchev–Trinajstić information content (AvgIpc) is 3.05. The molecule has 23 heavy (non-hydrogen) atoms. The van der Waals surface area contributed by atoms with Gasteiger partial charge in [-0.1, -0.05) is 29.8 Å². The van der Waals surface area contributed by atoms with E-state index in [1.165, 1.54) is 4.31 Å². The first-order valence-corrected chi connectivity index (χ1v) is 9.92. The average molecular weight is 370 g/mol. The van der Waals surface area contributed by atoms with Crippen LogP contribution >= 0.6 is 23.4 Å². The quantitative estimate of drug-likeness (QED) is 0.822. The lowest BCUT2D eigenvalue weighted by molar-refractivity contribution is 0.390. The van der Waals surface area contributed by atoms with Crippen LogP contribution in [0, 0.1) is 0 Å². The normalized spacial score (nSPS) is 19.0. The number of halogens is 1. The van der Waals surface area contributed by atoms with Crippen LogP contribution in [0.25, 0.3) is 0 Å². The Balaban J connectivity index is 1.99. The molecule has 2 aromatic rings. The molecule has 1 fully saturated rings. The molecule has 0 unspecified atom stereocenters. The third kappa shape index (κ3) is 3.21. The lowest BCUT2D eigenvalue weighted by atomic mass is 10.2. The van der Waals surface area contributed by atoms with Gasteiger partial charge in [0.15, 0.2) is 0 Å². The largest absolute Gasteiger partial charge is 0.496 e. The van der Waals surface area contributed by atoms with E-state index in [2.05, 4.69) is 0 Å². The van der Waals surface area contributed by atoms with E-state index in [9.17, 15) is 8.42 Å². The van der Waals surface area contributed by atoms with Crippen molar-refractivity contribution in [1.29, 1.82) is 0 Å². The number of sulfonamides is 1. The number of ether oxygens (including phenoxy) is 1. The van der Waals surface area contributed by atoms with Gasteiger partial charge >= 0.3 is 0 Å². The Morgan fingerprint density at radius 2 is 1.87 bits per heavy atom. The van der Waals surface area contributed by atoms with Crippen LogP contribution in [-0.4, -0.2) is 32.1 Å². The van der Waals surface area contributed by atoms with Gasteiger partial charge in [0.05, 0.1) is 17.4 Å². The Kier molecular flexibility index (Phi) is 4.87. The van der Waals surface area contributed by atoms with Crippen molar-refractivity contribution in [1.82, 2.24) is 4.31 Å². The highest BCUT2D eigenvalue weighted by Crippen LogP contribution is 2.44. The number of thioether (sulfide) groups is 1. The summed E-state index contributed by atoms with van der Waals surface area (Å²) >= 11 is 7.45. The first-order valence-electron chi connectivity index (χ1n) is 7.06. The topological polar surface area (TPSA) is 46.6 Å². The molecule has 0 aromatic heterocycles. The first-order chi connectivity index (χ1) is 11.0. The van der Waals surface area contributed by atoms with Crippen LogP contribution in [0.1, 0.15) is 10.9 Å². The van der Waals surface area contributed by atoms with Crippen molar-refractivity contribution < 1.29 is 13.2 Å². The van der Waals surface area contributed by atoms with Crippen molar-refractivity contribution in [3.63, 3.8) is 0 Å². The van der Waals surface area contributed by atoms with Gasteiger partial charge in [-0.3, -0.25) is 0 Å². The minimum atomic E-state index is -3.58. The number of hydrogen-bond acceptors (Lipinski definition) is 4. The molecule has 1 atom stereocenters. The number of benzene rings is 2. The van der Waals surface area contributed by atoms with Crippen LogP contribution in [0.5, 0.6) is 5.75 Å². The standard InChI is InChI=1S/C16H16ClNO3S2/c1-21-15-5-3-2-4-14(15)16-18(10-11-22-16)23(19,20)13-8-6-12(17)7-9-13/h2-9,16H,10-11H2,1H3/t16-/m1/s1. The lowest BCUT2D eigenvalue weighted by Crippen LogP contribution is -2.30. The summed E-state index contributed by atoms with van der Waals surface area (Å²) in [5.41, 5.74) is 0.870. The Morgan fingerprint density at radius 3 is 2.57 bits per heavy atom. The molecule has 2 aromatic carbocycles. The van der Waals surface area contributed by atoms with E-state index in [1.54, 1.807) is 43.1 Å². The second-order valence-electron chi connectivity index (χ2n) is 5.03. The smallest absolute Gasteiger partial charge is 0.244 e. The van der Waals surface area contributed by atoms with Gasteiger partial charge in [-0.2, -0.15) is 4.31 Å². The molecule has 0 saturated carbocycles. The van der Waals surface area contributed by atoms with Gasteiger partial charge in [0, 0.05) is 22.9 Å². The Bertz CT molecular complexity index is 793. The zero-order valence-corrected chi connectivity index (χ0v) is 14.9. The molecule has 1 saturated heterocycles. The third-order valence-electron chi connectivity index (χ3n) is 3.67. The predicted molar refractivity (Wildman–Crippen MR) is 93.5 cm³/mol. The van der Waals surface area contributed by atoms with Crippen LogP contribution in [0.4, 0.5) is 0 Å². The summed E-state index contributed by atoms with van der Waals surface area (Å²) in [6.45, 7) is 0.471. The van der Waals surface area contributed by atoms with Gasteiger partial charge in [0.2, 0.25) is 10.0 Å². The van der Waals surface area contributed by atoms with Crippen LogP contribution in [-0.2, 0) is 10.0 Å². The second-order valence-corrected chi connectivity index (χ2v) is 8.55. The Hall–Kier alpha value is -1.21. The number of para-hydroxylation sites is 1. The van der Waals surface area contributed by atoms with Crippen molar-refractivity contribution in [2.75, 3.05) is 19.4 Å². The number of nitrogens with zero attached hydrogens (tertiary/aromatic N) is 1. The van der Waals surface area contributed by atoms with Crippen molar-refractivity contribution in [3.8, 4) is 5.75 Å². The molecule has 0 amide bonds. The zero-order valence-electron chi connectivity index (χ0n) is 12.5. The summed E-state index contributed by atoms with van der Waals surface area (Å²) in [5, 5.41) is 0.229. The molecule has 0 aliphatic carbocycles. The monoisotopic (exact) mass is 369 g/mol. The van der Waals surface area contributed by atoms with Crippen molar-refractivity contribution in [3.05, 3.63) is 59.1 Å². The Labute approximate surface area is 145 Å². The SMILES string of the molecule is COc1ccccc1[C@H]1SCCN1S(=O)(=O)c1ccc(Cl)cc1. The van der Waals surface area contributed by atoms with E-state index in [0.29, 0.717) is 17.3 Å². The molecule has 1 aliphatic heterocycles. The van der Waals surface area contributed by atoms with Crippen molar-refractivity contribution >= 4 is 33.4 Å². The van der Waals surface area contributed by atoms with Gasteiger partial charge in [-0.05, 0) is 30.3 Å².